The molecule has 17 heavy (non-hydrogen) atoms. The van der Waals surface area contributed by atoms with Crippen LogP contribution in [-0.4, -0.2) is 17.0 Å². The molecule has 0 amide bonds. The molecule has 0 saturated heterocycles. The fourth-order valence-electron chi connectivity index (χ4n) is 2.70. The molecular formula is C15H22N2. The van der Waals surface area contributed by atoms with Gasteiger partial charge in [-0.2, -0.15) is 0 Å². The highest BCUT2D eigenvalue weighted by atomic mass is 15.1. The third-order valence-electron chi connectivity index (χ3n) is 4.31. The van der Waals surface area contributed by atoms with E-state index >= 15 is 0 Å². The number of hydrogen-bond donors (Lipinski definition) is 1. The average Bonchev–Trinajstić information content (AvgIpc) is 2.93. The van der Waals surface area contributed by atoms with Crippen LogP contribution < -0.4 is 5.73 Å². The number of fused-ring (bicyclic) bond motifs is 1. The van der Waals surface area contributed by atoms with E-state index in [4.69, 9.17) is 5.73 Å². The van der Waals surface area contributed by atoms with Crippen molar-refractivity contribution in [3.8, 4) is 0 Å². The molecule has 1 aromatic rings. The fourth-order valence-corrected chi connectivity index (χ4v) is 2.70. The molecule has 0 radical (unpaired) electrons. The first-order valence-electron chi connectivity index (χ1n) is 6.80. The summed E-state index contributed by atoms with van der Waals surface area (Å²) in [4.78, 5) is 2.49. The van der Waals surface area contributed by atoms with Crippen LogP contribution in [-0.2, 0) is 19.5 Å². The Labute approximate surface area is 104 Å². The van der Waals surface area contributed by atoms with Crippen molar-refractivity contribution in [1.82, 2.24) is 4.90 Å². The summed E-state index contributed by atoms with van der Waals surface area (Å²) in [6.07, 6.45) is 4.75. The van der Waals surface area contributed by atoms with Crippen molar-refractivity contribution in [2.45, 2.75) is 51.2 Å². The van der Waals surface area contributed by atoms with Gasteiger partial charge < -0.3 is 5.73 Å². The van der Waals surface area contributed by atoms with Gasteiger partial charge in [-0.05, 0) is 48.9 Å². The third kappa shape index (κ3) is 2.38. The number of benzene rings is 1. The Morgan fingerprint density at radius 2 is 2.00 bits per heavy atom. The second kappa shape index (κ2) is 4.11. The standard InChI is InChI=1S/C15H22N2/c1-2-17-10-13-4-3-12(9-14(13)11-17)5-6-15(16)7-8-15/h3-4,9H,2,5-8,10-11,16H2,1H3. The topological polar surface area (TPSA) is 29.3 Å². The average molecular weight is 230 g/mol. The maximum absolute atomic E-state index is 6.14. The van der Waals surface area contributed by atoms with Crippen LogP contribution in [0.2, 0.25) is 0 Å². The summed E-state index contributed by atoms with van der Waals surface area (Å²) in [6, 6.07) is 7.01. The van der Waals surface area contributed by atoms with E-state index in [2.05, 4.69) is 30.0 Å². The van der Waals surface area contributed by atoms with Crippen molar-refractivity contribution in [3.63, 3.8) is 0 Å². The van der Waals surface area contributed by atoms with Gasteiger partial charge in [0.15, 0.2) is 0 Å². The molecule has 0 aromatic heterocycles. The Kier molecular flexibility index (Phi) is 2.72. The van der Waals surface area contributed by atoms with Crippen LogP contribution in [0.15, 0.2) is 18.2 Å². The number of hydrogen-bond acceptors (Lipinski definition) is 2. The highest BCUT2D eigenvalue weighted by Crippen LogP contribution is 2.36. The Hall–Kier alpha value is -0.860. The van der Waals surface area contributed by atoms with Crippen LogP contribution in [0.4, 0.5) is 0 Å². The van der Waals surface area contributed by atoms with Gasteiger partial charge in [0, 0.05) is 18.6 Å². The lowest BCUT2D eigenvalue weighted by atomic mass is 10.0. The van der Waals surface area contributed by atoms with Crippen LogP contribution in [0.3, 0.4) is 0 Å². The summed E-state index contributed by atoms with van der Waals surface area (Å²) in [7, 11) is 0. The zero-order valence-electron chi connectivity index (χ0n) is 10.7. The van der Waals surface area contributed by atoms with Crippen molar-refractivity contribution in [1.29, 1.82) is 0 Å². The van der Waals surface area contributed by atoms with Gasteiger partial charge >= 0.3 is 0 Å². The van der Waals surface area contributed by atoms with E-state index in [9.17, 15) is 0 Å². The van der Waals surface area contributed by atoms with Crippen molar-refractivity contribution in [3.05, 3.63) is 34.9 Å². The highest BCUT2D eigenvalue weighted by Gasteiger charge is 2.37. The van der Waals surface area contributed by atoms with Crippen LogP contribution in [0.5, 0.6) is 0 Å². The molecule has 0 unspecified atom stereocenters. The first-order valence-corrected chi connectivity index (χ1v) is 6.80. The van der Waals surface area contributed by atoms with E-state index in [1.165, 1.54) is 29.5 Å². The lowest BCUT2D eigenvalue weighted by Crippen LogP contribution is -2.22. The van der Waals surface area contributed by atoms with E-state index in [0.29, 0.717) is 0 Å². The minimum Gasteiger partial charge on any atom is -0.325 e. The summed E-state index contributed by atoms with van der Waals surface area (Å²) in [5.74, 6) is 0. The summed E-state index contributed by atoms with van der Waals surface area (Å²) < 4.78 is 0. The molecular weight excluding hydrogens is 208 g/mol. The number of rotatable bonds is 4. The molecule has 1 fully saturated rings. The van der Waals surface area contributed by atoms with Gasteiger partial charge in [0.1, 0.15) is 0 Å². The van der Waals surface area contributed by atoms with Crippen molar-refractivity contribution in [2.75, 3.05) is 6.54 Å². The third-order valence-corrected chi connectivity index (χ3v) is 4.31. The van der Waals surface area contributed by atoms with Crippen molar-refractivity contribution < 1.29 is 0 Å². The maximum Gasteiger partial charge on any atom is 0.0240 e. The van der Waals surface area contributed by atoms with Crippen LogP contribution in [0.1, 0.15) is 42.9 Å². The molecule has 0 atom stereocenters. The zero-order valence-corrected chi connectivity index (χ0v) is 10.7. The highest BCUT2D eigenvalue weighted by molar-refractivity contribution is 5.35. The molecule has 2 nitrogen and oxygen atoms in total. The van der Waals surface area contributed by atoms with Gasteiger partial charge in [0.05, 0.1) is 0 Å². The van der Waals surface area contributed by atoms with E-state index in [1.807, 2.05) is 0 Å². The second-order valence-corrected chi connectivity index (χ2v) is 5.77. The van der Waals surface area contributed by atoms with Crippen molar-refractivity contribution >= 4 is 0 Å². The Bertz CT molecular complexity index is 421. The van der Waals surface area contributed by atoms with Gasteiger partial charge in [0.25, 0.3) is 0 Å². The number of nitrogens with two attached hydrogens (primary N) is 1. The quantitative estimate of drug-likeness (QED) is 0.861. The van der Waals surface area contributed by atoms with Crippen LogP contribution in [0, 0.1) is 0 Å². The van der Waals surface area contributed by atoms with E-state index in [-0.39, 0.29) is 5.54 Å². The van der Waals surface area contributed by atoms with E-state index < -0.39 is 0 Å². The predicted octanol–water partition coefficient (Wildman–Crippen LogP) is 2.45. The number of nitrogens with zero attached hydrogens (tertiary/aromatic N) is 1. The van der Waals surface area contributed by atoms with Gasteiger partial charge in [-0.1, -0.05) is 25.1 Å². The summed E-state index contributed by atoms with van der Waals surface area (Å²) in [5.41, 5.74) is 10.9. The minimum absolute atomic E-state index is 0.189. The van der Waals surface area contributed by atoms with Gasteiger partial charge in [-0.15, -0.1) is 0 Å². The summed E-state index contributed by atoms with van der Waals surface area (Å²) >= 11 is 0. The van der Waals surface area contributed by atoms with Gasteiger partial charge in [-0.25, -0.2) is 0 Å². The lowest BCUT2D eigenvalue weighted by molar-refractivity contribution is 0.301. The smallest absolute Gasteiger partial charge is 0.0240 e. The fraction of sp³-hybridized carbons (Fsp3) is 0.600. The van der Waals surface area contributed by atoms with E-state index in [0.717, 1.165) is 32.5 Å². The van der Waals surface area contributed by atoms with Crippen molar-refractivity contribution in [2.24, 2.45) is 5.73 Å². The molecule has 1 aliphatic heterocycles. The molecule has 0 bridgehead atoms. The summed E-state index contributed by atoms with van der Waals surface area (Å²) in [6.45, 7) is 5.65. The molecule has 2 N–H and O–H groups in total. The number of aryl methyl sites for hydroxylation is 1. The molecule has 1 saturated carbocycles. The maximum atomic E-state index is 6.14. The molecule has 3 rings (SSSR count). The molecule has 92 valence electrons. The van der Waals surface area contributed by atoms with Crippen LogP contribution >= 0.6 is 0 Å². The Balaban J connectivity index is 1.67. The SMILES string of the molecule is CCN1Cc2ccc(CCC3(N)CC3)cc2C1. The Morgan fingerprint density at radius 3 is 2.71 bits per heavy atom. The monoisotopic (exact) mass is 230 g/mol. The second-order valence-electron chi connectivity index (χ2n) is 5.77. The molecule has 1 heterocycles. The first kappa shape index (κ1) is 11.2. The van der Waals surface area contributed by atoms with Gasteiger partial charge in [-0.3, -0.25) is 4.90 Å². The van der Waals surface area contributed by atoms with Crippen LogP contribution in [0.25, 0.3) is 0 Å². The predicted molar refractivity (Wildman–Crippen MR) is 70.7 cm³/mol. The Morgan fingerprint density at radius 1 is 1.24 bits per heavy atom. The lowest BCUT2D eigenvalue weighted by Gasteiger charge is -2.09. The van der Waals surface area contributed by atoms with E-state index in [1.54, 1.807) is 0 Å². The molecule has 2 aliphatic rings. The minimum atomic E-state index is 0.189. The molecule has 1 aromatic carbocycles. The normalized spacial score (nSPS) is 21.5. The van der Waals surface area contributed by atoms with Gasteiger partial charge in [0.2, 0.25) is 0 Å². The first-order chi connectivity index (χ1) is 8.18. The zero-order chi connectivity index (χ0) is 11.9. The molecule has 0 spiro atoms. The summed E-state index contributed by atoms with van der Waals surface area (Å²) in [5, 5.41) is 0. The molecule has 1 aliphatic carbocycles. The molecule has 2 heteroatoms. The largest absolute Gasteiger partial charge is 0.325 e.